The van der Waals surface area contributed by atoms with Gasteiger partial charge in [-0.15, -0.1) is 16.4 Å². The fraction of sp³-hybridized carbons (Fsp3) is 0.286. The van der Waals surface area contributed by atoms with Gasteiger partial charge in [-0.25, -0.2) is 9.67 Å². The highest BCUT2D eigenvalue weighted by Gasteiger charge is 2.22. The van der Waals surface area contributed by atoms with E-state index >= 15 is 0 Å². The topological polar surface area (TPSA) is 63.8 Å². The summed E-state index contributed by atoms with van der Waals surface area (Å²) < 4.78 is 2.53. The Morgan fingerprint density at radius 1 is 1.67 bits per heavy atom. The van der Waals surface area contributed by atoms with Gasteiger partial charge in [0, 0.05) is 7.05 Å². The standard InChI is InChI=1S/C7H6BrClN4OS/c1-13-4(6(8)11-12-13)5(14)7-10-2-3(9)15-7/h2,5,14H,1H3. The Labute approximate surface area is 103 Å². The largest absolute Gasteiger partial charge is 0.379 e. The lowest BCUT2D eigenvalue weighted by Crippen LogP contribution is -2.06. The van der Waals surface area contributed by atoms with Crippen LogP contribution in [0, 0.1) is 0 Å². The molecule has 1 unspecified atom stereocenters. The van der Waals surface area contributed by atoms with Gasteiger partial charge in [-0.05, 0) is 15.9 Å². The summed E-state index contributed by atoms with van der Waals surface area (Å²) >= 11 is 10.2. The molecule has 0 saturated carbocycles. The third-order valence-corrected chi connectivity index (χ3v) is 3.55. The summed E-state index contributed by atoms with van der Waals surface area (Å²) in [6, 6.07) is 0. The second-order valence-electron chi connectivity index (χ2n) is 2.79. The molecular weight excluding hydrogens is 304 g/mol. The minimum absolute atomic E-state index is 0.504. The van der Waals surface area contributed by atoms with Gasteiger partial charge >= 0.3 is 0 Å². The Kier molecular flexibility index (Phi) is 3.06. The van der Waals surface area contributed by atoms with Crippen LogP contribution >= 0.6 is 38.9 Å². The molecule has 2 heterocycles. The summed E-state index contributed by atoms with van der Waals surface area (Å²) in [5, 5.41) is 18.1. The SMILES string of the molecule is Cn1nnc(Br)c1C(O)c1ncc(Cl)s1. The normalized spacial score (nSPS) is 13.1. The van der Waals surface area contributed by atoms with E-state index in [4.69, 9.17) is 11.6 Å². The molecule has 2 aromatic rings. The van der Waals surface area contributed by atoms with E-state index in [1.807, 2.05) is 0 Å². The Morgan fingerprint density at radius 3 is 2.87 bits per heavy atom. The molecule has 0 bridgehead atoms. The summed E-state index contributed by atoms with van der Waals surface area (Å²) in [6.45, 7) is 0. The lowest BCUT2D eigenvalue weighted by atomic mass is 10.3. The predicted molar refractivity (Wildman–Crippen MR) is 59.9 cm³/mol. The highest BCUT2D eigenvalue weighted by Crippen LogP contribution is 2.30. The number of hydrogen-bond acceptors (Lipinski definition) is 5. The van der Waals surface area contributed by atoms with Crippen LogP contribution in [0.4, 0.5) is 0 Å². The maximum absolute atomic E-state index is 10.0. The van der Waals surface area contributed by atoms with Crippen molar-refractivity contribution in [3.63, 3.8) is 0 Å². The van der Waals surface area contributed by atoms with Gasteiger partial charge < -0.3 is 5.11 Å². The van der Waals surface area contributed by atoms with Crippen LogP contribution in [0.15, 0.2) is 10.8 Å². The Hall–Kier alpha value is -0.500. The number of rotatable bonds is 2. The van der Waals surface area contributed by atoms with Crippen LogP contribution in [0.1, 0.15) is 16.8 Å². The Bertz CT molecular complexity index is 466. The summed E-state index contributed by atoms with van der Waals surface area (Å²) in [4.78, 5) is 4.00. The first-order chi connectivity index (χ1) is 7.09. The van der Waals surface area contributed by atoms with Gasteiger partial charge in [0.1, 0.15) is 21.1 Å². The lowest BCUT2D eigenvalue weighted by molar-refractivity contribution is 0.208. The van der Waals surface area contributed by atoms with Crippen LogP contribution in [-0.2, 0) is 7.05 Å². The third kappa shape index (κ3) is 2.05. The van der Waals surface area contributed by atoms with Crippen LogP contribution in [0.25, 0.3) is 0 Å². The number of thiazole rings is 1. The molecule has 0 radical (unpaired) electrons. The monoisotopic (exact) mass is 308 g/mol. The number of aliphatic hydroxyl groups excluding tert-OH is 1. The molecule has 0 fully saturated rings. The molecule has 0 saturated heterocycles. The van der Waals surface area contributed by atoms with Crippen molar-refractivity contribution in [3.8, 4) is 0 Å². The van der Waals surface area contributed by atoms with Crippen molar-refractivity contribution < 1.29 is 5.11 Å². The maximum atomic E-state index is 10.0. The molecule has 1 N–H and O–H groups in total. The van der Waals surface area contributed by atoms with Gasteiger partial charge in [-0.1, -0.05) is 16.8 Å². The van der Waals surface area contributed by atoms with E-state index in [0.717, 1.165) is 0 Å². The summed E-state index contributed by atoms with van der Waals surface area (Å²) in [5.41, 5.74) is 0.556. The van der Waals surface area contributed by atoms with Crippen molar-refractivity contribution in [1.82, 2.24) is 20.0 Å². The molecule has 0 amide bonds. The number of aryl methyl sites for hydroxylation is 1. The second-order valence-corrected chi connectivity index (χ2v) is 5.24. The van der Waals surface area contributed by atoms with Gasteiger partial charge in [-0.2, -0.15) is 0 Å². The zero-order valence-corrected chi connectivity index (χ0v) is 10.7. The summed E-state index contributed by atoms with van der Waals surface area (Å²) in [5.74, 6) is 0. The van der Waals surface area contributed by atoms with Crippen molar-refractivity contribution in [1.29, 1.82) is 0 Å². The number of aliphatic hydroxyl groups is 1. The van der Waals surface area contributed by atoms with Crippen LogP contribution in [0.5, 0.6) is 0 Å². The fourth-order valence-electron chi connectivity index (χ4n) is 1.14. The highest BCUT2D eigenvalue weighted by molar-refractivity contribution is 9.10. The van der Waals surface area contributed by atoms with Crippen LogP contribution < -0.4 is 0 Å². The first kappa shape index (κ1) is 11.0. The highest BCUT2D eigenvalue weighted by atomic mass is 79.9. The Balaban J connectivity index is 2.40. The van der Waals surface area contributed by atoms with Gasteiger partial charge in [0.05, 0.1) is 6.20 Å². The maximum Gasteiger partial charge on any atom is 0.154 e. The first-order valence-electron chi connectivity index (χ1n) is 3.94. The van der Waals surface area contributed by atoms with Crippen molar-refractivity contribution in [2.45, 2.75) is 6.10 Å². The zero-order valence-electron chi connectivity index (χ0n) is 7.55. The molecule has 80 valence electrons. The van der Waals surface area contributed by atoms with Gasteiger partial charge in [0.15, 0.2) is 4.60 Å². The van der Waals surface area contributed by atoms with Crippen molar-refractivity contribution in [3.05, 3.63) is 25.8 Å². The minimum atomic E-state index is -0.864. The van der Waals surface area contributed by atoms with E-state index in [1.54, 1.807) is 7.05 Å². The average molecular weight is 310 g/mol. The molecule has 8 heteroatoms. The number of aromatic nitrogens is 4. The van der Waals surface area contributed by atoms with E-state index in [1.165, 1.54) is 22.2 Å². The molecule has 0 aromatic carbocycles. The van der Waals surface area contributed by atoms with E-state index in [9.17, 15) is 5.11 Å². The average Bonchev–Trinajstić information content (AvgIpc) is 2.73. The van der Waals surface area contributed by atoms with Gasteiger partial charge in [0.25, 0.3) is 0 Å². The molecule has 0 aliphatic heterocycles. The van der Waals surface area contributed by atoms with Crippen LogP contribution in [-0.4, -0.2) is 25.1 Å². The summed E-state index contributed by atoms with van der Waals surface area (Å²) in [7, 11) is 1.70. The summed E-state index contributed by atoms with van der Waals surface area (Å²) in [6.07, 6.45) is 0.638. The smallest absolute Gasteiger partial charge is 0.154 e. The first-order valence-corrected chi connectivity index (χ1v) is 5.92. The van der Waals surface area contributed by atoms with Gasteiger partial charge in [-0.3, -0.25) is 0 Å². The van der Waals surface area contributed by atoms with E-state index in [0.29, 0.717) is 19.6 Å². The van der Waals surface area contributed by atoms with Crippen molar-refractivity contribution in [2.24, 2.45) is 7.05 Å². The number of hydrogen-bond donors (Lipinski definition) is 1. The Morgan fingerprint density at radius 2 is 2.40 bits per heavy atom. The zero-order chi connectivity index (χ0) is 11.0. The molecule has 2 rings (SSSR count). The molecule has 0 aliphatic carbocycles. The molecular formula is C7H6BrClN4OS. The van der Waals surface area contributed by atoms with E-state index < -0.39 is 6.10 Å². The lowest BCUT2D eigenvalue weighted by Gasteiger charge is -2.06. The minimum Gasteiger partial charge on any atom is -0.379 e. The third-order valence-electron chi connectivity index (χ3n) is 1.81. The fourth-order valence-corrected chi connectivity index (χ4v) is 2.60. The van der Waals surface area contributed by atoms with Crippen molar-refractivity contribution >= 4 is 38.9 Å². The predicted octanol–water partition coefficient (Wildman–Crippen LogP) is 1.77. The van der Waals surface area contributed by atoms with E-state index in [2.05, 4.69) is 31.2 Å². The molecule has 15 heavy (non-hydrogen) atoms. The van der Waals surface area contributed by atoms with Crippen molar-refractivity contribution in [2.75, 3.05) is 0 Å². The molecule has 5 nitrogen and oxygen atoms in total. The van der Waals surface area contributed by atoms with E-state index in [-0.39, 0.29) is 0 Å². The molecule has 0 spiro atoms. The molecule has 0 aliphatic rings. The second kappa shape index (κ2) is 4.17. The molecule has 1 atom stereocenters. The quantitative estimate of drug-likeness (QED) is 0.918. The van der Waals surface area contributed by atoms with Gasteiger partial charge in [0.2, 0.25) is 0 Å². The van der Waals surface area contributed by atoms with Crippen LogP contribution in [0.2, 0.25) is 4.34 Å². The number of nitrogens with zero attached hydrogens (tertiary/aromatic N) is 4. The molecule has 2 aromatic heterocycles. The number of halogens is 2. The van der Waals surface area contributed by atoms with Crippen LogP contribution in [0.3, 0.4) is 0 Å².